The Morgan fingerprint density at radius 3 is 0.878 bits per heavy atom. The van der Waals surface area contributed by atoms with Gasteiger partial charge in [0, 0.05) is 83.3 Å². The number of para-hydroxylation sites is 8. The molecule has 0 aliphatic heterocycles. The van der Waals surface area contributed by atoms with Crippen molar-refractivity contribution in [3.8, 4) is 67.8 Å². The Bertz CT molecular complexity index is 5120. The molecule has 0 saturated carbocycles. The second-order valence-electron chi connectivity index (χ2n) is 21.1. The van der Waals surface area contributed by atoms with Crippen LogP contribution in [0.5, 0.6) is 0 Å². The van der Waals surface area contributed by atoms with Crippen molar-refractivity contribution in [3.63, 3.8) is 0 Å². The van der Waals surface area contributed by atoms with E-state index in [0.717, 1.165) is 149 Å². The number of aromatic nitrogens is 7. The van der Waals surface area contributed by atoms with Crippen molar-refractivity contribution in [2.75, 3.05) is 0 Å². The van der Waals surface area contributed by atoms with Gasteiger partial charge < -0.3 is 18.3 Å². The fourth-order valence-electron chi connectivity index (χ4n) is 13.3. The van der Waals surface area contributed by atoms with Gasteiger partial charge in [0.05, 0.1) is 78.3 Å². The molecule has 0 atom stereocenters. The highest BCUT2D eigenvalue weighted by Crippen LogP contribution is 2.54. The fraction of sp³-hybridized carbons (Fsp3) is 0. The first-order valence-corrected chi connectivity index (χ1v) is 27.9. The Kier molecular flexibility index (Phi) is 10.2. The summed E-state index contributed by atoms with van der Waals surface area (Å²) in [5.74, 6) is 0.616. The van der Waals surface area contributed by atoms with Gasteiger partial charge in [-0.25, -0.2) is 9.97 Å². The molecule has 17 aromatic rings. The van der Waals surface area contributed by atoms with E-state index in [9.17, 15) is 0 Å². The average Bonchev–Trinajstić information content (AvgIpc) is 2.21. The lowest BCUT2D eigenvalue weighted by molar-refractivity contribution is 1.02. The molecular formula is C75H47N7. The molecule has 82 heavy (non-hydrogen) atoms. The average molecular weight is 1050 g/mol. The van der Waals surface area contributed by atoms with E-state index in [1.165, 1.54) is 0 Å². The number of pyridine rings is 1. The van der Waals surface area contributed by atoms with Crippen molar-refractivity contribution >= 4 is 87.2 Å². The van der Waals surface area contributed by atoms with Crippen molar-refractivity contribution in [1.29, 1.82) is 0 Å². The van der Waals surface area contributed by atoms with Gasteiger partial charge in [0.25, 0.3) is 0 Å². The SMILES string of the molecule is c1ccc(-c2cc(-c3c(-c4cccnc4)c(-n4c5ccccc5c5ccccc54)c(-n4c5ccccc5c5ccccc54)c(-n4c5ccccc5c5ccccc54)c3-n3c4ccccc4c4ccccc43)nc(-c3ccccc3)n2)cc1. The van der Waals surface area contributed by atoms with Crippen LogP contribution >= 0.6 is 0 Å². The molecule has 7 nitrogen and oxygen atoms in total. The summed E-state index contributed by atoms with van der Waals surface area (Å²) < 4.78 is 10.2. The van der Waals surface area contributed by atoms with E-state index < -0.39 is 0 Å². The second kappa shape index (κ2) is 18.2. The van der Waals surface area contributed by atoms with Crippen LogP contribution in [-0.2, 0) is 0 Å². The molecule has 0 bridgehead atoms. The summed E-state index contributed by atoms with van der Waals surface area (Å²) >= 11 is 0. The molecule has 382 valence electrons. The highest BCUT2D eigenvalue weighted by atomic mass is 15.1. The molecule has 0 saturated heterocycles. The molecule has 6 heterocycles. The molecule has 0 spiro atoms. The molecule has 7 heteroatoms. The summed E-state index contributed by atoms with van der Waals surface area (Å²) in [5, 5.41) is 9.18. The van der Waals surface area contributed by atoms with Crippen molar-refractivity contribution in [1.82, 2.24) is 33.2 Å². The summed E-state index contributed by atoms with van der Waals surface area (Å²) in [5.41, 5.74) is 18.6. The Hall–Kier alpha value is -11.2. The summed E-state index contributed by atoms with van der Waals surface area (Å²) in [6, 6.07) is 98.6. The second-order valence-corrected chi connectivity index (χ2v) is 21.1. The highest BCUT2D eigenvalue weighted by Gasteiger charge is 2.36. The minimum Gasteiger partial charge on any atom is -0.306 e. The monoisotopic (exact) mass is 1050 g/mol. The van der Waals surface area contributed by atoms with Gasteiger partial charge in [-0.1, -0.05) is 212 Å². The van der Waals surface area contributed by atoms with Crippen LogP contribution in [0.4, 0.5) is 0 Å². The minimum absolute atomic E-state index is 0.616. The number of rotatable bonds is 8. The smallest absolute Gasteiger partial charge is 0.160 e. The molecule has 6 aromatic heterocycles. The summed E-state index contributed by atoms with van der Waals surface area (Å²) in [7, 11) is 0. The first kappa shape index (κ1) is 45.8. The maximum Gasteiger partial charge on any atom is 0.160 e. The van der Waals surface area contributed by atoms with Crippen LogP contribution in [0.2, 0.25) is 0 Å². The molecular weight excluding hydrogens is 999 g/mol. The maximum absolute atomic E-state index is 5.93. The zero-order chi connectivity index (χ0) is 53.8. The van der Waals surface area contributed by atoms with Gasteiger partial charge in [0.2, 0.25) is 0 Å². The van der Waals surface area contributed by atoms with Crippen LogP contribution in [0.1, 0.15) is 0 Å². The Balaban J connectivity index is 1.26. The van der Waals surface area contributed by atoms with E-state index in [2.05, 4.69) is 291 Å². The molecule has 0 fully saturated rings. The van der Waals surface area contributed by atoms with Crippen LogP contribution in [0.3, 0.4) is 0 Å². The van der Waals surface area contributed by atoms with Crippen molar-refractivity contribution in [3.05, 3.63) is 285 Å². The predicted molar refractivity (Wildman–Crippen MR) is 339 cm³/mol. The van der Waals surface area contributed by atoms with E-state index in [1.54, 1.807) is 0 Å². The standard InChI is InChI=1S/C75H47N7/c1-3-24-48(25-4-1)59-46-60(78-75(77-59)49-26-5-2-6-27-49)70-69(50-28-23-45-76-47-50)71(79-61-37-15-7-29-51(61)52-30-8-16-38-62(52)79)73(81-65-41-19-11-33-55(65)56-34-12-20-42-66(56)81)74(82-67-43-21-13-35-57(67)58-36-14-22-44-68(58)82)72(70)80-63-39-17-9-31-53(63)54-32-10-18-40-64(54)80/h1-47H. The van der Waals surface area contributed by atoms with Crippen molar-refractivity contribution in [2.24, 2.45) is 0 Å². The number of benzene rings is 11. The van der Waals surface area contributed by atoms with Gasteiger partial charge in [-0.05, 0) is 60.7 Å². The first-order chi connectivity index (χ1) is 40.8. The zero-order valence-electron chi connectivity index (χ0n) is 44.3. The number of nitrogens with zero attached hydrogens (tertiary/aromatic N) is 7. The van der Waals surface area contributed by atoms with E-state index in [-0.39, 0.29) is 0 Å². The third-order valence-electron chi connectivity index (χ3n) is 16.6. The van der Waals surface area contributed by atoms with Gasteiger partial charge >= 0.3 is 0 Å². The highest BCUT2D eigenvalue weighted by molar-refractivity contribution is 6.18. The Morgan fingerprint density at radius 2 is 0.524 bits per heavy atom. The third kappa shape index (κ3) is 6.74. The van der Waals surface area contributed by atoms with Crippen molar-refractivity contribution in [2.45, 2.75) is 0 Å². The molecule has 17 rings (SSSR count). The van der Waals surface area contributed by atoms with Gasteiger partial charge in [-0.3, -0.25) is 4.98 Å². The molecule has 11 aromatic carbocycles. The molecule has 0 radical (unpaired) electrons. The normalized spacial score (nSPS) is 11.9. The Labute approximate surface area is 471 Å². The van der Waals surface area contributed by atoms with Gasteiger partial charge in [0.1, 0.15) is 0 Å². The predicted octanol–water partition coefficient (Wildman–Crippen LogP) is 18.9. The van der Waals surface area contributed by atoms with E-state index in [4.69, 9.17) is 15.0 Å². The van der Waals surface area contributed by atoms with E-state index in [1.807, 2.05) is 12.4 Å². The quantitative estimate of drug-likeness (QED) is 0.152. The minimum atomic E-state index is 0.616. The number of fused-ring (bicyclic) bond motifs is 12. The maximum atomic E-state index is 5.93. The van der Waals surface area contributed by atoms with Crippen LogP contribution in [0, 0.1) is 0 Å². The lowest BCUT2D eigenvalue weighted by Crippen LogP contribution is -2.17. The zero-order valence-corrected chi connectivity index (χ0v) is 44.3. The molecule has 0 amide bonds. The van der Waals surface area contributed by atoms with Crippen LogP contribution < -0.4 is 0 Å². The van der Waals surface area contributed by atoms with Crippen LogP contribution in [0.15, 0.2) is 285 Å². The molecule has 0 N–H and O–H groups in total. The molecule has 0 aliphatic rings. The first-order valence-electron chi connectivity index (χ1n) is 27.9. The largest absolute Gasteiger partial charge is 0.306 e. The Morgan fingerprint density at radius 1 is 0.232 bits per heavy atom. The number of hydrogen-bond donors (Lipinski definition) is 0. The van der Waals surface area contributed by atoms with E-state index in [0.29, 0.717) is 5.82 Å². The summed E-state index contributed by atoms with van der Waals surface area (Å²) in [6.45, 7) is 0. The lowest BCUT2D eigenvalue weighted by atomic mass is 9.90. The molecule has 0 unspecified atom stereocenters. The van der Waals surface area contributed by atoms with Crippen LogP contribution in [-0.4, -0.2) is 33.2 Å². The van der Waals surface area contributed by atoms with Gasteiger partial charge in [-0.15, -0.1) is 0 Å². The fourth-order valence-corrected chi connectivity index (χ4v) is 13.3. The van der Waals surface area contributed by atoms with Gasteiger partial charge in [-0.2, -0.15) is 0 Å². The third-order valence-corrected chi connectivity index (χ3v) is 16.6. The number of hydrogen-bond acceptors (Lipinski definition) is 3. The lowest BCUT2D eigenvalue weighted by Gasteiger charge is -2.31. The van der Waals surface area contributed by atoms with E-state index >= 15 is 0 Å². The topological polar surface area (TPSA) is 58.4 Å². The van der Waals surface area contributed by atoms with Crippen LogP contribution in [0.25, 0.3) is 155 Å². The van der Waals surface area contributed by atoms with Gasteiger partial charge in [0.15, 0.2) is 5.82 Å². The molecule has 0 aliphatic carbocycles. The summed E-state index contributed by atoms with van der Waals surface area (Å²) in [4.78, 5) is 16.5. The summed E-state index contributed by atoms with van der Waals surface area (Å²) in [6.07, 6.45) is 3.92. The van der Waals surface area contributed by atoms with Crippen molar-refractivity contribution < 1.29 is 0 Å².